The molecule has 24 heavy (non-hydrogen) atoms. The van der Waals surface area contributed by atoms with Crippen LogP contribution in [0.1, 0.15) is 5.56 Å². The summed E-state index contributed by atoms with van der Waals surface area (Å²) in [5.74, 6) is -0.331. The Hall–Kier alpha value is -1.60. The Kier molecular flexibility index (Phi) is 4.57. The molecule has 3 aromatic rings. The van der Waals surface area contributed by atoms with E-state index in [0.29, 0.717) is 31.4 Å². The summed E-state index contributed by atoms with van der Waals surface area (Å²) in [4.78, 5) is 12.0. The highest BCUT2D eigenvalue weighted by Gasteiger charge is 2.20. The minimum atomic E-state index is -3.82. The molecule has 0 bridgehead atoms. The third kappa shape index (κ3) is 3.42. The van der Waals surface area contributed by atoms with Crippen LogP contribution in [0, 0.1) is 0 Å². The quantitative estimate of drug-likeness (QED) is 0.671. The molecule has 0 saturated carbocycles. The number of benzene rings is 2. The van der Waals surface area contributed by atoms with Gasteiger partial charge in [-0.1, -0.05) is 40.6 Å². The lowest BCUT2D eigenvalue weighted by atomic mass is 10.2. The number of rotatable bonds is 3. The van der Waals surface area contributed by atoms with E-state index in [2.05, 4.69) is 0 Å². The van der Waals surface area contributed by atoms with Gasteiger partial charge < -0.3 is 5.73 Å². The Balaban J connectivity index is 2.08. The molecule has 0 radical (unpaired) electrons. The van der Waals surface area contributed by atoms with E-state index in [9.17, 15) is 13.2 Å². The van der Waals surface area contributed by atoms with Gasteiger partial charge in [-0.25, -0.2) is 8.42 Å². The molecule has 0 saturated heterocycles. The average Bonchev–Trinajstić information content (AvgIpc) is 2.50. The molecule has 0 amide bonds. The van der Waals surface area contributed by atoms with Gasteiger partial charge in [0.1, 0.15) is 4.90 Å². The van der Waals surface area contributed by atoms with Gasteiger partial charge in [0.2, 0.25) is 0 Å². The maximum atomic E-state index is 12.6. The molecule has 2 N–H and O–H groups in total. The fourth-order valence-corrected chi connectivity index (χ4v) is 5.14. The fourth-order valence-electron chi connectivity index (χ4n) is 2.27. The zero-order valence-corrected chi connectivity index (χ0v) is 15.3. The van der Waals surface area contributed by atoms with Crippen LogP contribution in [0.4, 0.5) is 5.69 Å². The summed E-state index contributed by atoms with van der Waals surface area (Å²) in [5.41, 5.74) is 6.45. The van der Waals surface area contributed by atoms with Gasteiger partial charge in [-0.2, -0.15) is 0 Å². The number of nitrogens with two attached hydrogens (primary N) is 1. The number of halogens is 2. The van der Waals surface area contributed by atoms with Crippen molar-refractivity contribution in [3.8, 4) is 0 Å². The lowest BCUT2D eigenvalue weighted by Crippen LogP contribution is -2.14. The second-order valence-electron chi connectivity index (χ2n) is 5.20. The predicted molar refractivity (Wildman–Crippen MR) is 99.9 cm³/mol. The van der Waals surface area contributed by atoms with E-state index in [1.165, 1.54) is 18.2 Å². The molecule has 0 unspecified atom stereocenters. The predicted octanol–water partition coefficient (Wildman–Crippen LogP) is 4.12. The topological polar surface area (TPSA) is 77.2 Å². The number of hydrogen-bond acceptors (Lipinski definition) is 5. The maximum absolute atomic E-state index is 12.6. The minimum absolute atomic E-state index is 0.240. The first-order valence-electron chi connectivity index (χ1n) is 6.76. The van der Waals surface area contributed by atoms with Gasteiger partial charge >= 0.3 is 0 Å². The summed E-state index contributed by atoms with van der Waals surface area (Å²) in [6.45, 7) is 0. The lowest BCUT2D eigenvalue weighted by molar-refractivity contribution is 0.595. The van der Waals surface area contributed by atoms with Crippen molar-refractivity contribution in [1.82, 2.24) is 0 Å². The van der Waals surface area contributed by atoms with Crippen molar-refractivity contribution in [2.45, 2.75) is 10.6 Å². The number of hydrogen-bond donors (Lipinski definition) is 1. The number of fused-ring (bicyclic) bond motifs is 1. The summed E-state index contributed by atoms with van der Waals surface area (Å²) < 4.78 is 25.5. The molecule has 0 aliphatic heterocycles. The van der Waals surface area contributed by atoms with Crippen LogP contribution < -0.4 is 10.5 Å². The largest absolute Gasteiger partial charge is 0.398 e. The van der Waals surface area contributed by atoms with Crippen LogP contribution in [0.25, 0.3) is 10.1 Å². The van der Waals surface area contributed by atoms with E-state index in [4.69, 9.17) is 28.9 Å². The van der Waals surface area contributed by atoms with Gasteiger partial charge in [-0.05, 0) is 47.3 Å². The Bertz CT molecular complexity index is 1110. The third-order valence-electron chi connectivity index (χ3n) is 3.41. The van der Waals surface area contributed by atoms with Crippen LogP contribution >= 0.6 is 34.5 Å². The van der Waals surface area contributed by atoms with E-state index in [1.54, 1.807) is 24.3 Å². The highest BCUT2D eigenvalue weighted by molar-refractivity contribution is 7.90. The van der Waals surface area contributed by atoms with Gasteiger partial charge in [0.15, 0.2) is 9.84 Å². The summed E-state index contributed by atoms with van der Waals surface area (Å²) in [6.07, 6.45) is 0. The van der Waals surface area contributed by atoms with Crippen molar-refractivity contribution >= 4 is 60.1 Å². The van der Waals surface area contributed by atoms with Gasteiger partial charge in [0.25, 0.3) is 4.74 Å². The molecule has 2 aromatic carbocycles. The standard InChI is InChI=1S/C16H11Cl2NO3S2/c17-11-2-4-14-10(6-11)7-15(16(20)23-14)24(21,22)8-9-1-3-12(18)13(19)5-9/h1-7H,8,19H2. The molecule has 4 nitrogen and oxygen atoms in total. The molecule has 1 aromatic heterocycles. The molecule has 0 atom stereocenters. The van der Waals surface area contributed by atoms with Crippen molar-refractivity contribution in [3.63, 3.8) is 0 Å². The van der Waals surface area contributed by atoms with E-state index in [0.717, 1.165) is 11.3 Å². The molecule has 0 aliphatic rings. The number of anilines is 1. The summed E-state index contributed by atoms with van der Waals surface area (Å²) >= 11 is 12.7. The van der Waals surface area contributed by atoms with Gasteiger partial charge in [0.05, 0.1) is 16.5 Å². The van der Waals surface area contributed by atoms with Crippen LogP contribution in [-0.4, -0.2) is 8.42 Å². The average molecular weight is 400 g/mol. The van der Waals surface area contributed by atoms with Crippen LogP contribution in [0.2, 0.25) is 10.0 Å². The zero-order chi connectivity index (χ0) is 17.5. The van der Waals surface area contributed by atoms with E-state index >= 15 is 0 Å². The van der Waals surface area contributed by atoms with E-state index in [-0.39, 0.29) is 10.6 Å². The number of nitrogen functional groups attached to an aromatic ring is 1. The van der Waals surface area contributed by atoms with Crippen LogP contribution in [0.5, 0.6) is 0 Å². The van der Waals surface area contributed by atoms with Crippen molar-refractivity contribution < 1.29 is 8.42 Å². The van der Waals surface area contributed by atoms with Crippen LogP contribution in [0.15, 0.2) is 52.2 Å². The molecular formula is C16H11Cl2NO3S2. The number of sulfone groups is 1. The van der Waals surface area contributed by atoms with Gasteiger partial charge in [0, 0.05) is 9.72 Å². The van der Waals surface area contributed by atoms with Crippen molar-refractivity contribution in [2.75, 3.05) is 5.73 Å². The molecule has 1 heterocycles. The Labute approximate surface area is 152 Å². The van der Waals surface area contributed by atoms with Crippen molar-refractivity contribution in [1.29, 1.82) is 0 Å². The Morgan fingerprint density at radius 3 is 2.50 bits per heavy atom. The van der Waals surface area contributed by atoms with E-state index < -0.39 is 14.6 Å². The van der Waals surface area contributed by atoms with Gasteiger partial charge in [-0.15, -0.1) is 0 Å². The normalized spacial score (nSPS) is 11.8. The first kappa shape index (κ1) is 17.2. The highest BCUT2D eigenvalue weighted by atomic mass is 35.5. The summed E-state index contributed by atoms with van der Waals surface area (Å²) in [6, 6.07) is 10.9. The smallest absolute Gasteiger partial charge is 0.251 e. The van der Waals surface area contributed by atoms with Crippen LogP contribution in [0.3, 0.4) is 0 Å². The molecule has 0 aliphatic carbocycles. The summed E-state index contributed by atoms with van der Waals surface area (Å²) in [5, 5.41) is 1.44. The highest BCUT2D eigenvalue weighted by Crippen LogP contribution is 2.26. The first-order chi connectivity index (χ1) is 11.3. The van der Waals surface area contributed by atoms with Crippen molar-refractivity contribution in [3.05, 3.63) is 67.6 Å². The molecule has 124 valence electrons. The van der Waals surface area contributed by atoms with E-state index in [1.807, 2.05) is 0 Å². The Morgan fingerprint density at radius 1 is 1.04 bits per heavy atom. The Morgan fingerprint density at radius 2 is 1.79 bits per heavy atom. The molecule has 0 fully saturated rings. The SMILES string of the molecule is Nc1cc(CS(=O)(=O)c2cc3cc(Cl)ccc3sc2=O)ccc1Cl. The second-order valence-corrected chi connectivity index (χ2v) is 9.01. The summed E-state index contributed by atoms with van der Waals surface area (Å²) in [7, 11) is -3.82. The lowest BCUT2D eigenvalue weighted by Gasteiger charge is -2.07. The fraction of sp³-hybridized carbons (Fsp3) is 0.0625. The molecule has 8 heteroatoms. The van der Waals surface area contributed by atoms with Crippen LogP contribution in [-0.2, 0) is 15.6 Å². The first-order valence-corrected chi connectivity index (χ1v) is 9.99. The third-order valence-corrected chi connectivity index (χ3v) is 6.81. The molecule has 3 rings (SSSR count). The maximum Gasteiger partial charge on any atom is 0.251 e. The second kappa shape index (κ2) is 6.37. The van der Waals surface area contributed by atoms with Crippen molar-refractivity contribution in [2.24, 2.45) is 0 Å². The monoisotopic (exact) mass is 399 g/mol. The zero-order valence-electron chi connectivity index (χ0n) is 12.1. The molecule has 0 spiro atoms. The molecular weight excluding hydrogens is 389 g/mol. The van der Waals surface area contributed by atoms with Gasteiger partial charge in [-0.3, -0.25) is 4.79 Å². The minimum Gasteiger partial charge on any atom is -0.398 e.